The summed E-state index contributed by atoms with van der Waals surface area (Å²) in [5.74, 6) is 0.286. The maximum atomic E-state index is 12.8. The number of amides is 1. The number of benzene rings is 2. The molecule has 1 saturated heterocycles. The molecule has 0 unspecified atom stereocenters. The van der Waals surface area contributed by atoms with Gasteiger partial charge in [0.05, 0.1) is 11.2 Å². The number of ether oxygens (including phenoxy) is 2. The summed E-state index contributed by atoms with van der Waals surface area (Å²) in [5.41, 5.74) is 7.53. The summed E-state index contributed by atoms with van der Waals surface area (Å²) < 4.78 is 46.4. The predicted molar refractivity (Wildman–Crippen MR) is 115 cm³/mol. The van der Waals surface area contributed by atoms with Gasteiger partial charge in [-0.2, -0.15) is 0 Å². The number of rotatable bonds is 6. The Bertz CT molecular complexity index is 1110. The van der Waals surface area contributed by atoms with Crippen LogP contribution in [0.5, 0.6) is 11.5 Å². The first kappa shape index (κ1) is 22.8. The molecular formula is C23H23F3N4O3. The van der Waals surface area contributed by atoms with Gasteiger partial charge in [-0.15, -0.1) is 13.2 Å². The fourth-order valence-corrected chi connectivity index (χ4v) is 3.99. The molecule has 2 aromatic carbocycles. The molecule has 7 nitrogen and oxygen atoms in total. The van der Waals surface area contributed by atoms with E-state index in [1.165, 1.54) is 18.5 Å². The summed E-state index contributed by atoms with van der Waals surface area (Å²) in [6.45, 7) is 1.89. The standard InChI is InChI=1S/C23H23F3N4O3/c24-23(25,26)33-17-3-1-16(2-4-17)22(31)30-10-7-15(8-11-30)21-19-6-5-18(32-12-9-27)13-20(19)28-14-29-21/h1-6,13-15H,7-12,27H2. The lowest BCUT2D eigenvalue weighted by molar-refractivity contribution is -0.274. The van der Waals surface area contributed by atoms with Gasteiger partial charge in [0.25, 0.3) is 5.91 Å². The van der Waals surface area contributed by atoms with Crippen molar-refractivity contribution in [1.29, 1.82) is 0 Å². The Morgan fingerprint density at radius 2 is 1.76 bits per heavy atom. The molecule has 33 heavy (non-hydrogen) atoms. The fraction of sp³-hybridized carbons (Fsp3) is 0.348. The molecule has 0 bridgehead atoms. The van der Waals surface area contributed by atoms with Gasteiger partial charge in [-0.25, -0.2) is 9.97 Å². The summed E-state index contributed by atoms with van der Waals surface area (Å²) in [5, 5.41) is 0.947. The van der Waals surface area contributed by atoms with Crippen LogP contribution in [0.3, 0.4) is 0 Å². The SMILES string of the molecule is NCCOc1ccc2c(C3CCN(C(=O)c4ccc(OC(F)(F)F)cc4)CC3)ncnc2c1. The summed E-state index contributed by atoms with van der Waals surface area (Å²) in [7, 11) is 0. The number of nitrogens with zero attached hydrogens (tertiary/aromatic N) is 3. The highest BCUT2D eigenvalue weighted by Crippen LogP contribution is 2.33. The third-order valence-corrected chi connectivity index (χ3v) is 5.53. The first-order valence-corrected chi connectivity index (χ1v) is 10.6. The number of likely N-dealkylation sites (tertiary alicyclic amines) is 1. The normalized spacial score (nSPS) is 15.0. The molecule has 1 aliphatic heterocycles. The van der Waals surface area contributed by atoms with Crippen LogP contribution < -0.4 is 15.2 Å². The van der Waals surface area contributed by atoms with Crippen molar-refractivity contribution in [2.24, 2.45) is 5.73 Å². The third-order valence-electron chi connectivity index (χ3n) is 5.53. The zero-order chi connectivity index (χ0) is 23.4. The van der Waals surface area contributed by atoms with Gasteiger partial charge in [-0.1, -0.05) is 0 Å². The van der Waals surface area contributed by atoms with Gasteiger partial charge in [-0.05, 0) is 49.2 Å². The average Bonchev–Trinajstić information content (AvgIpc) is 2.81. The maximum Gasteiger partial charge on any atom is 0.573 e. The van der Waals surface area contributed by atoms with Crippen LogP contribution in [0.4, 0.5) is 13.2 Å². The van der Waals surface area contributed by atoms with Gasteiger partial charge < -0.3 is 20.1 Å². The van der Waals surface area contributed by atoms with Gasteiger partial charge in [0.1, 0.15) is 24.4 Å². The van der Waals surface area contributed by atoms with Crippen LogP contribution in [-0.2, 0) is 0 Å². The highest BCUT2D eigenvalue weighted by atomic mass is 19.4. The number of nitrogens with two attached hydrogens (primary N) is 1. The second-order valence-electron chi connectivity index (χ2n) is 7.71. The molecule has 0 radical (unpaired) electrons. The van der Waals surface area contributed by atoms with Crippen LogP contribution >= 0.6 is 0 Å². The lowest BCUT2D eigenvalue weighted by Crippen LogP contribution is -2.38. The molecule has 2 N–H and O–H groups in total. The molecule has 0 aliphatic carbocycles. The second kappa shape index (κ2) is 9.62. The van der Waals surface area contributed by atoms with Crippen molar-refractivity contribution in [2.45, 2.75) is 25.1 Å². The van der Waals surface area contributed by atoms with Crippen LogP contribution in [0, 0.1) is 0 Å². The molecule has 10 heteroatoms. The first-order chi connectivity index (χ1) is 15.8. The van der Waals surface area contributed by atoms with Gasteiger partial charge in [0, 0.05) is 42.6 Å². The first-order valence-electron chi connectivity index (χ1n) is 10.6. The molecule has 2 heterocycles. The fourth-order valence-electron chi connectivity index (χ4n) is 3.99. The van der Waals surface area contributed by atoms with Crippen molar-refractivity contribution >= 4 is 16.8 Å². The number of fused-ring (bicyclic) bond motifs is 1. The number of hydrogen-bond donors (Lipinski definition) is 1. The van der Waals surface area contributed by atoms with Crippen LogP contribution in [0.15, 0.2) is 48.8 Å². The van der Waals surface area contributed by atoms with Gasteiger partial charge >= 0.3 is 6.36 Å². The molecule has 1 aliphatic rings. The molecule has 174 valence electrons. The molecule has 0 saturated carbocycles. The largest absolute Gasteiger partial charge is 0.573 e. The monoisotopic (exact) mass is 460 g/mol. The van der Waals surface area contributed by atoms with Crippen molar-refractivity contribution in [2.75, 3.05) is 26.2 Å². The van der Waals surface area contributed by atoms with Crippen molar-refractivity contribution < 1.29 is 27.4 Å². The van der Waals surface area contributed by atoms with E-state index in [-0.39, 0.29) is 17.6 Å². The van der Waals surface area contributed by atoms with Crippen molar-refractivity contribution in [3.8, 4) is 11.5 Å². The van der Waals surface area contributed by atoms with Crippen LogP contribution in [-0.4, -0.2) is 53.4 Å². The lowest BCUT2D eigenvalue weighted by Gasteiger charge is -2.32. The molecule has 1 aromatic heterocycles. The van der Waals surface area contributed by atoms with E-state index >= 15 is 0 Å². The summed E-state index contributed by atoms with van der Waals surface area (Å²) in [6, 6.07) is 10.7. The lowest BCUT2D eigenvalue weighted by atomic mass is 9.90. The number of hydrogen-bond acceptors (Lipinski definition) is 6. The Hall–Kier alpha value is -3.40. The van der Waals surface area contributed by atoms with E-state index in [4.69, 9.17) is 10.5 Å². The Labute approximate surface area is 188 Å². The van der Waals surface area contributed by atoms with Crippen LogP contribution in [0.1, 0.15) is 34.8 Å². The Balaban J connectivity index is 1.41. The zero-order valence-corrected chi connectivity index (χ0v) is 17.7. The summed E-state index contributed by atoms with van der Waals surface area (Å²) in [4.78, 5) is 23.4. The predicted octanol–water partition coefficient (Wildman–Crippen LogP) is 3.89. The molecule has 1 amide bonds. The van der Waals surface area contributed by atoms with Crippen molar-refractivity contribution in [1.82, 2.24) is 14.9 Å². The highest BCUT2D eigenvalue weighted by molar-refractivity contribution is 5.94. The minimum absolute atomic E-state index is 0.165. The molecule has 0 atom stereocenters. The molecule has 4 rings (SSSR count). The van der Waals surface area contributed by atoms with E-state index in [0.29, 0.717) is 37.6 Å². The van der Waals surface area contributed by atoms with E-state index in [9.17, 15) is 18.0 Å². The minimum atomic E-state index is -4.77. The Morgan fingerprint density at radius 1 is 1.06 bits per heavy atom. The van der Waals surface area contributed by atoms with E-state index < -0.39 is 6.36 Å². The van der Waals surface area contributed by atoms with Gasteiger partial charge in [0.15, 0.2) is 0 Å². The van der Waals surface area contributed by atoms with Gasteiger partial charge in [-0.3, -0.25) is 4.79 Å². The number of aromatic nitrogens is 2. The zero-order valence-electron chi connectivity index (χ0n) is 17.7. The second-order valence-corrected chi connectivity index (χ2v) is 7.71. The van der Waals surface area contributed by atoms with Crippen LogP contribution in [0.25, 0.3) is 10.9 Å². The minimum Gasteiger partial charge on any atom is -0.492 e. The smallest absolute Gasteiger partial charge is 0.492 e. The summed E-state index contributed by atoms with van der Waals surface area (Å²) >= 11 is 0. The average molecular weight is 460 g/mol. The number of carbonyl (C=O) groups is 1. The van der Waals surface area contributed by atoms with Crippen LogP contribution in [0.2, 0.25) is 0 Å². The van der Waals surface area contributed by atoms with E-state index in [2.05, 4.69) is 14.7 Å². The van der Waals surface area contributed by atoms with E-state index in [1.807, 2.05) is 18.2 Å². The number of carbonyl (C=O) groups excluding carboxylic acids is 1. The maximum absolute atomic E-state index is 12.8. The molecule has 3 aromatic rings. The number of alkyl halides is 3. The topological polar surface area (TPSA) is 90.6 Å². The quantitative estimate of drug-likeness (QED) is 0.600. The van der Waals surface area contributed by atoms with Crippen molar-refractivity contribution in [3.63, 3.8) is 0 Å². The van der Waals surface area contributed by atoms with E-state index in [1.54, 1.807) is 4.90 Å². The molecule has 1 fully saturated rings. The number of piperidine rings is 1. The van der Waals surface area contributed by atoms with E-state index in [0.717, 1.165) is 41.6 Å². The number of halogens is 3. The van der Waals surface area contributed by atoms with Gasteiger partial charge in [0.2, 0.25) is 0 Å². The molecule has 0 spiro atoms. The summed E-state index contributed by atoms with van der Waals surface area (Å²) in [6.07, 6.45) is -1.79. The third kappa shape index (κ3) is 5.51. The Kier molecular flexibility index (Phi) is 6.64. The highest BCUT2D eigenvalue weighted by Gasteiger charge is 2.31. The van der Waals surface area contributed by atoms with Crippen molar-refractivity contribution in [3.05, 3.63) is 60.0 Å². The Morgan fingerprint density at radius 3 is 2.42 bits per heavy atom. The molecular weight excluding hydrogens is 437 g/mol.